The summed E-state index contributed by atoms with van der Waals surface area (Å²) < 4.78 is 0. The van der Waals surface area contributed by atoms with E-state index in [0.29, 0.717) is 0 Å². The average Bonchev–Trinajstić information content (AvgIpc) is 1.61. The molecule has 0 heterocycles. The van der Waals surface area contributed by atoms with Crippen molar-refractivity contribution in [3.63, 3.8) is 0 Å². The molecule has 6 heavy (non-hydrogen) atoms. The minimum Gasteiger partial charge on any atom is -0.359 e. The second-order valence-electron chi connectivity index (χ2n) is 0.656. The lowest BCUT2D eigenvalue weighted by molar-refractivity contribution is 1.39. The Bertz CT molecular complexity index is 110. The third-order valence-electron chi connectivity index (χ3n) is 0.270. The summed E-state index contributed by atoms with van der Waals surface area (Å²) in [5.74, 6) is 2.36. The quantitative estimate of drug-likeness (QED) is 0.324. The van der Waals surface area contributed by atoms with Crippen molar-refractivity contribution in [2.75, 3.05) is 0 Å². The first kappa shape index (κ1) is 4.85. The molecule has 0 saturated carbocycles. The van der Waals surface area contributed by atoms with E-state index in [0.717, 1.165) is 0 Å². The van der Waals surface area contributed by atoms with Crippen LogP contribution in [0, 0.1) is 23.3 Å². The van der Waals surface area contributed by atoms with Gasteiger partial charge in [0.15, 0.2) is 0 Å². The minimum atomic E-state index is 0.233. The Labute approximate surface area is 36.6 Å². The van der Waals surface area contributed by atoms with Crippen molar-refractivity contribution in [3.8, 4) is 18.0 Å². The summed E-state index contributed by atoms with van der Waals surface area (Å²) in [6, 6.07) is 3.91. The third kappa shape index (κ3) is 2.85. The Morgan fingerprint density at radius 3 is 2.50 bits per heavy atom. The Kier molecular flexibility index (Phi) is 3.11. The number of rotatable bonds is 0. The summed E-state index contributed by atoms with van der Waals surface area (Å²) in [5, 5.41) is 7.79. The van der Waals surface area contributed by atoms with E-state index in [1.807, 2.05) is 6.07 Å². The molecule has 0 aromatic carbocycles. The average molecular weight is 80.1 g/mol. The number of nitrogens with two attached hydrogens (primary N) is 1. The maximum Gasteiger partial charge on any atom is 0.0981 e. The van der Waals surface area contributed by atoms with Crippen LogP contribution in [0.2, 0.25) is 0 Å². The van der Waals surface area contributed by atoms with Crippen LogP contribution in [0.25, 0.3) is 0 Å². The first-order valence-electron chi connectivity index (χ1n) is 1.47. The number of nitriles is 1. The van der Waals surface area contributed by atoms with Gasteiger partial charge in [0, 0.05) is 6.04 Å². The van der Waals surface area contributed by atoms with Crippen molar-refractivity contribution in [1.82, 2.24) is 0 Å². The van der Waals surface area contributed by atoms with Gasteiger partial charge in [-0.15, -0.1) is 0 Å². The summed E-state index contributed by atoms with van der Waals surface area (Å²) in [5.41, 5.74) is 4.70. The first-order chi connectivity index (χ1) is 2.91. The molecule has 0 radical (unpaired) electrons. The summed E-state index contributed by atoms with van der Waals surface area (Å²) in [4.78, 5) is 0. The van der Waals surface area contributed by atoms with Gasteiger partial charge in [-0.3, -0.25) is 0 Å². The zero-order valence-corrected chi connectivity index (χ0v) is 3.23. The fraction of sp³-hybridized carbons (Fsp3) is 0.250. The van der Waals surface area contributed by atoms with Crippen LogP contribution in [0.5, 0.6) is 0 Å². The largest absolute Gasteiger partial charge is 0.359 e. The van der Waals surface area contributed by atoms with Crippen molar-refractivity contribution in [3.05, 3.63) is 0 Å². The molecule has 2 nitrogen and oxygen atoms in total. The molecule has 0 aromatic heterocycles. The zero-order chi connectivity index (χ0) is 4.83. The molecule has 0 aliphatic heterocycles. The van der Waals surface area contributed by atoms with E-state index in [-0.39, 0.29) is 6.42 Å². The molecule has 0 fully saturated rings. The van der Waals surface area contributed by atoms with Crippen molar-refractivity contribution in [2.24, 2.45) is 5.73 Å². The smallest absolute Gasteiger partial charge is 0.0981 e. The van der Waals surface area contributed by atoms with Crippen molar-refractivity contribution >= 4 is 0 Å². The predicted molar refractivity (Wildman–Crippen MR) is 22.2 cm³/mol. The normalized spacial score (nSPS) is 4.50. The highest BCUT2D eigenvalue weighted by Gasteiger charge is 1.59. The third-order valence-corrected chi connectivity index (χ3v) is 0.270. The van der Waals surface area contributed by atoms with Gasteiger partial charge in [0.2, 0.25) is 0 Å². The molecule has 0 spiro atoms. The van der Waals surface area contributed by atoms with E-state index in [1.54, 1.807) is 0 Å². The molecular formula is C4H4N2. The van der Waals surface area contributed by atoms with Crippen LogP contribution in [-0.2, 0) is 0 Å². The number of nitrogens with zero attached hydrogens (tertiary/aromatic N) is 1. The van der Waals surface area contributed by atoms with Gasteiger partial charge in [0.1, 0.15) is 0 Å². The van der Waals surface area contributed by atoms with Crippen LogP contribution >= 0.6 is 0 Å². The molecule has 0 bridgehead atoms. The molecule has 2 N–H and O–H groups in total. The van der Waals surface area contributed by atoms with Crippen LogP contribution in [-0.4, -0.2) is 0 Å². The highest BCUT2D eigenvalue weighted by molar-refractivity contribution is 5.00. The van der Waals surface area contributed by atoms with Gasteiger partial charge < -0.3 is 5.73 Å². The van der Waals surface area contributed by atoms with E-state index < -0.39 is 0 Å². The Morgan fingerprint density at radius 2 is 2.33 bits per heavy atom. The van der Waals surface area contributed by atoms with Gasteiger partial charge >= 0.3 is 0 Å². The van der Waals surface area contributed by atoms with Crippen LogP contribution < -0.4 is 5.73 Å². The lowest BCUT2D eigenvalue weighted by atomic mass is 10.5. The standard InChI is InChI=1S/C4H4N2/c5-3-1-2-4-6/h1,6H2. The SMILES string of the molecule is N#CCC#CN. The fourth-order valence-corrected chi connectivity index (χ4v) is 0.0906. The van der Waals surface area contributed by atoms with Crippen LogP contribution in [0.15, 0.2) is 0 Å². The Morgan fingerprint density at radius 1 is 1.67 bits per heavy atom. The van der Waals surface area contributed by atoms with Crippen LogP contribution in [0.1, 0.15) is 6.42 Å². The summed E-state index contributed by atoms with van der Waals surface area (Å²) in [6.45, 7) is 0. The second kappa shape index (κ2) is 3.85. The maximum absolute atomic E-state index is 7.79. The van der Waals surface area contributed by atoms with Gasteiger partial charge in [0.05, 0.1) is 12.5 Å². The molecule has 0 unspecified atom stereocenters. The molecule has 0 aliphatic carbocycles. The minimum absolute atomic E-state index is 0.233. The Balaban J connectivity index is 3.07. The highest BCUT2D eigenvalue weighted by atomic mass is 14.4. The predicted octanol–water partition coefficient (Wildman–Crippen LogP) is -0.180. The van der Waals surface area contributed by atoms with Gasteiger partial charge in [-0.05, 0) is 0 Å². The lowest BCUT2D eigenvalue weighted by Crippen LogP contribution is -1.74. The molecular weight excluding hydrogens is 76.1 g/mol. The molecule has 0 amide bonds. The highest BCUT2D eigenvalue weighted by Crippen LogP contribution is 1.61. The fourth-order valence-electron chi connectivity index (χ4n) is 0.0906. The molecule has 2 heteroatoms. The van der Waals surface area contributed by atoms with E-state index in [2.05, 4.69) is 12.0 Å². The summed E-state index contributed by atoms with van der Waals surface area (Å²) in [6.07, 6.45) is 0.233. The van der Waals surface area contributed by atoms with E-state index >= 15 is 0 Å². The summed E-state index contributed by atoms with van der Waals surface area (Å²) in [7, 11) is 0. The van der Waals surface area contributed by atoms with Crippen LogP contribution in [0.4, 0.5) is 0 Å². The van der Waals surface area contributed by atoms with Gasteiger partial charge in [-0.2, -0.15) is 5.26 Å². The zero-order valence-electron chi connectivity index (χ0n) is 3.23. The molecule has 0 aromatic rings. The first-order valence-corrected chi connectivity index (χ1v) is 1.47. The van der Waals surface area contributed by atoms with Gasteiger partial charge in [-0.1, -0.05) is 5.92 Å². The molecule has 30 valence electrons. The second-order valence-corrected chi connectivity index (χ2v) is 0.656. The van der Waals surface area contributed by atoms with E-state index in [1.165, 1.54) is 0 Å². The topological polar surface area (TPSA) is 49.8 Å². The monoisotopic (exact) mass is 80.0 g/mol. The van der Waals surface area contributed by atoms with Crippen molar-refractivity contribution in [1.29, 1.82) is 5.26 Å². The van der Waals surface area contributed by atoms with Gasteiger partial charge in [-0.25, -0.2) is 0 Å². The molecule has 0 aliphatic rings. The van der Waals surface area contributed by atoms with E-state index in [9.17, 15) is 0 Å². The number of hydrogen-bond acceptors (Lipinski definition) is 2. The van der Waals surface area contributed by atoms with Gasteiger partial charge in [0.25, 0.3) is 0 Å². The molecule has 0 atom stereocenters. The summed E-state index contributed by atoms with van der Waals surface area (Å²) >= 11 is 0. The van der Waals surface area contributed by atoms with Crippen molar-refractivity contribution < 1.29 is 0 Å². The number of hydrogen-bond donors (Lipinski definition) is 1. The molecule has 0 rings (SSSR count). The van der Waals surface area contributed by atoms with Crippen molar-refractivity contribution in [2.45, 2.75) is 6.42 Å². The lowest BCUT2D eigenvalue weighted by Gasteiger charge is -1.57. The molecule has 0 saturated heterocycles. The van der Waals surface area contributed by atoms with Crippen LogP contribution in [0.3, 0.4) is 0 Å². The maximum atomic E-state index is 7.79. The Hall–Kier alpha value is -1.15. The van der Waals surface area contributed by atoms with E-state index in [4.69, 9.17) is 11.0 Å².